The Morgan fingerprint density at radius 1 is 1.18 bits per heavy atom. The molecule has 0 aliphatic heterocycles. The van der Waals surface area contributed by atoms with Crippen LogP contribution in [0.3, 0.4) is 0 Å². The van der Waals surface area contributed by atoms with Gasteiger partial charge in [0.2, 0.25) is 16.9 Å². The maximum absolute atomic E-state index is 12.9. The number of aromatic nitrogens is 2. The third-order valence-corrected chi connectivity index (χ3v) is 8.33. The molecule has 0 spiro atoms. The Kier molecular flexibility index (Phi) is 6.06. The fraction of sp³-hybridized carbons (Fsp3) is 0.700. The number of nitrogens with zero attached hydrogens (tertiary/aromatic N) is 2. The summed E-state index contributed by atoms with van der Waals surface area (Å²) in [5.41, 5.74) is -0.108. The van der Waals surface area contributed by atoms with E-state index in [1.165, 1.54) is 30.6 Å². The van der Waals surface area contributed by atoms with Crippen LogP contribution in [0.1, 0.15) is 51.4 Å². The van der Waals surface area contributed by atoms with Gasteiger partial charge in [0.25, 0.3) is 0 Å². The highest BCUT2D eigenvalue weighted by Crippen LogP contribution is 2.60. The van der Waals surface area contributed by atoms with E-state index in [0.717, 1.165) is 47.1 Å². The molecule has 2 N–H and O–H groups in total. The van der Waals surface area contributed by atoms with Crippen LogP contribution >= 0.6 is 23.1 Å². The van der Waals surface area contributed by atoms with Crippen molar-refractivity contribution in [1.29, 1.82) is 0 Å². The smallest absolute Gasteiger partial charge is 0.226 e. The van der Waals surface area contributed by atoms with Crippen LogP contribution < -0.4 is 10.6 Å². The molecule has 1 heterocycles. The Bertz CT molecular complexity index is 713. The molecule has 0 atom stereocenters. The first kappa shape index (κ1) is 19.9. The highest BCUT2D eigenvalue weighted by Gasteiger charge is 2.54. The van der Waals surface area contributed by atoms with Gasteiger partial charge in [0.1, 0.15) is 0 Å². The maximum Gasteiger partial charge on any atom is 0.226 e. The molecule has 1 aromatic rings. The van der Waals surface area contributed by atoms with E-state index in [0.29, 0.717) is 24.5 Å². The lowest BCUT2D eigenvalue weighted by Crippen LogP contribution is -2.53. The molecule has 4 bridgehead atoms. The van der Waals surface area contributed by atoms with Crippen molar-refractivity contribution >= 4 is 40.0 Å². The van der Waals surface area contributed by atoms with Gasteiger partial charge >= 0.3 is 0 Å². The zero-order chi connectivity index (χ0) is 19.6. The second-order valence-corrected chi connectivity index (χ2v) is 10.8. The van der Waals surface area contributed by atoms with Crippen LogP contribution in [0.15, 0.2) is 17.0 Å². The molecule has 0 aromatic carbocycles. The van der Waals surface area contributed by atoms with Crippen LogP contribution in [0.25, 0.3) is 0 Å². The van der Waals surface area contributed by atoms with E-state index in [9.17, 15) is 9.59 Å². The van der Waals surface area contributed by atoms with E-state index in [1.54, 1.807) is 11.8 Å². The summed E-state index contributed by atoms with van der Waals surface area (Å²) in [5.74, 6) is 3.23. The lowest BCUT2D eigenvalue weighted by atomic mass is 9.49. The first-order chi connectivity index (χ1) is 13.6. The van der Waals surface area contributed by atoms with Crippen molar-refractivity contribution in [1.82, 2.24) is 15.5 Å². The molecule has 4 aliphatic rings. The SMILES string of the molecule is C=CCSc1nnc(NC(=O)CCCNC(=O)C23CC4CC(CC(C4)C2)C3)s1. The summed E-state index contributed by atoms with van der Waals surface area (Å²) in [6.45, 7) is 4.23. The van der Waals surface area contributed by atoms with Crippen molar-refractivity contribution in [3.05, 3.63) is 12.7 Å². The van der Waals surface area contributed by atoms with Crippen LogP contribution in [0.4, 0.5) is 5.13 Å². The van der Waals surface area contributed by atoms with Gasteiger partial charge in [-0.25, -0.2) is 0 Å². The zero-order valence-corrected chi connectivity index (χ0v) is 17.7. The van der Waals surface area contributed by atoms with Gasteiger partial charge in [-0.1, -0.05) is 29.2 Å². The van der Waals surface area contributed by atoms with Gasteiger partial charge in [0.05, 0.1) is 0 Å². The molecule has 152 valence electrons. The Morgan fingerprint density at radius 2 is 1.86 bits per heavy atom. The standard InChI is InChI=1S/C20H28N4O2S2/c1-2-6-27-19-24-23-18(28-19)22-16(25)4-3-5-21-17(26)20-10-13-7-14(11-20)9-15(8-13)12-20/h2,13-15H,1,3-12H2,(H,21,26)(H,22,23,25). The minimum absolute atomic E-state index is 0.0829. The monoisotopic (exact) mass is 420 g/mol. The molecule has 0 saturated heterocycles. The van der Waals surface area contributed by atoms with Crippen molar-refractivity contribution in [2.24, 2.45) is 23.2 Å². The lowest BCUT2D eigenvalue weighted by Gasteiger charge is -2.55. The van der Waals surface area contributed by atoms with Gasteiger partial charge in [-0.15, -0.1) is 16.8 Å². The van der Waals surface area contributed by atoms with Crippen molar-refractivity contribution in [3.8, 4) is 0 Å². The largest absolute Gasteiger partial charge is 0.356 e. The van der Waals surface area contributed by atoms with Crippen LogP contribution in [0, 0.1) is 23.2 Å². The summed E-state index contributed by atoms with van der Waals surface area (Å²) >= 11 is 2.91. The van der Waals surface area contributed by atoms with E-state index >= 15 is 0 Å². The van der Waals surface area contributed by atoms with Crippen LogP contribution in [0.2, 0.25) is 0 Å². The highest BCUT2D eigenvalue weighted by atomic mass is 32.2. The van der Waals surface area contributed by atoms with Crippen LogP contribution in [-0.2, 0) is 9.59 Å². The van der Waals surface area contributed by atoms with Crippen molar-refractivity contribution in [2.45, 2.75) is 55.7 Å². The summed E-state index contributed by atoms with van der Waals surface area (Å²) in [7, 11) is 0. The third-order valence-electron chi connectivity index (χ3n) is 6.36. The molecule has 0 unspecified atom stereocenters. The van der Waals surface area contributed by atoms with Gasteiger partial charge in [0, 0.05) is 24.1 Å². The molecule has 4 aliphatic carbocycles. The fourth-order valence-electron chi connectivity index (χ4n) is 5.66. The first-order valence-electron chi connectivity index (χ1n) is 10.2. The molecule has 6 nitrogen and oxygen atoms in total. The van der Waals surface area contributed by atoms with Crippen molar-refractivity contribution < 1.29 is 9.59 Å². The van der Waals surface area contributed by atoms with Crippen molar-refractivity contribution in [2.75, 3.05) is 17.6 Å². The van der Waals surface area contributed by atoms with E-state index in [1.807, 2.05) is 6.08 Å². The zero-order valence-electron chi connectivity index (χ0n) is 16.1. The number of hydrogen-bond acceptors (Lipinski definition) is 6. The summed E-state index contributed by atoms with van der Waals surface area (Å²) < 4.78 is 0.818. The number of hydrogen-bond donors (Lipinski definition) is 2. The summed E-state index contributed by atoms with van der Waals surface area (Å²) in [6, 6.07) is 0. The maximum atomic E-state index is 12.9. The van der Waals surface area contributed by atoms with E-state index < -0.39 is 0 Å². The average molecular weight is 421 g/mol. The number of thioether (sulfide) groups is 1. The number of carbonyl (C=O) groups is 2. The quantitative estimate of drug-likeness (QED) is 0.274. The Balaban J connectivity index is 1.17. The molecule has 8 heteroatoms. The molecule has 28 heavy (non-hydrogen) atoms. The third kappa shape index (κ3) is 4.43. The Morgan fingerprint density at radius 3 is 2.50 bits per heavy atom. The van der Waals surface area contributed by atoms with Gasteiger partial charge in [0.15, 0.2) is 4.34 Å². The van der Waals surface area contributed by atoms with Crippen molar-refractivity contribution in [3.63, 3.8) is 0 Å². The molecule has 5 rings (SSSR count). The van der Waals surface area contributed by atoms with E-state index in [-0.39, 0.29) is 17.2 Å². The second kappa shape index (κ2) is 8.53. The highest BCUT2D eigenvalue weighted by molar-refractivity contribution is 8.01. The molecule has 4 fully saturated rings. The number of rotatable bonds is 9. The number of carbonyl (C=O) groups excluding carboxylic acids is 2. The second-order valence-electron chi connectivity index (χ2n) is 8.58. The molecule has 2 amide bonds. The number of anilines is 1. The van der Waals surface area contributed by atoms with Crippen LogP contribution in [-0.4, -0.2) is 34.3 Å². The fourth-order valence-corrected chi connectivity index (χ4v) is 7.19. The van der Waals surface area contributed by atoms with E-state index in [4.69, 9.17) is 0 Å². The minimum Gasteiger partial charge on any atom is -0.356 e. The van der Waals surface area contributed by atoms with Gasteiger partial charge in [-0.05, 0) is 62.7 Å². The predicted octanol–water partition coefficient (Wildman–Crippen LogP) is 3.87. The molecular formula is C20H28N4O2S2. The Hall–Kier alpha value is -1.41. The lowest BCUT2D eigenvalue weighted by molar-refractivity contribution is -0.146. The molecule has 1 aromatic heterocycles. The number of amides is 2. The summed E-state index contributed by atoms with van der Waals surface area (Å²) in [5, 5.41) is 14.5. The molecule has 4 saturated carbocycles. The van der Waals surface area contributed by atoms with Gasteiger partial charge in [-0.3, -0.25) is 9.59 Å². The van der Waals surface area contributed by atoms with E-state index in [2.05, 4.69) is 27.4 Å². The minimum atomic E-state index is -0.108. The molecular weight excluding hydrogens is 392 g/mol. The first-order valence-corrected chi connectivity index (χ1v) is 12.0. The Labute approximate surface area is 174 Å². The normalized spacial score (nSPS) is 30.2. The summed E-state index contributed by atoms with van der Waals surface area (Å²) in [6.07, 6.45) is 10.1. The topological polar surface area (TPSA) is 84.0 Å². The average Bonchev–Trinajstić information content (AvgIpc) is 3.09. The number of nitrogens with one attached hydrogen (secondary N) is 2. The van der Waals surface area contributed by atoms with Crippen LogP contribution in [0.5, 0.6) is 0 Å². The summed E-state index contributed by atoms with van der Waals surface area (Å²) in [4.78, 5) is 25.0. The molecule has 0 radical (unpaired) electrons. The predicted molar refractivity (Wildman–Crippen MR) is 112 cm³/mol. The van der Waals surface area contributed by atoms with Gasteiger partial charge < -0.3 is 10.6 Å². The van der Waals surface area contributed by atoms with Gasteiger partial charge in [-0.2, -0.15) is 0 Å².